The lowest BCUT2D eigenvalue weighted by Gasteiger charge is -2.47. The lowest BCUT2D eigenvalue weighted by Crippen LogP contribution is -2.59. The highest BCUT2D eigenvalue weighted by molar-refractivity contribution is 5.91. The number of rotatable bonds is 5. The van der Waals surface area contributed by atoms with Gasteiger partial charge in [-0.1, -0.05) is 32.0 Å². The monoisotopic (exact) mass is 401 g/mol. The van der Waals surface area contributed by atoms with Crippen molar-refractivity contribution < 1.29 is 14.7 Å². The number of amides is 3. The van der Waals surface area contributed by atoms with E-state index < -0.39 is 0 Å². The van der Waals surface area contributed by atoms with E-state index in [4.69, 9.17) is 0 Å². The zero-order valence-electron chi connectivity index (χ0n) is 18.0. The summed E-state index contributed by atoms with van der Waals surface area (Å²) in [4.78, 5) is 27.5. The predicted molar refractivity (Wildman–Crippen MR) is 115 cm³/mol. The first-order valence-electron chi connectivity index (χ1n) is 10.9. The third-order valence-corrected chi connectivity index (χ3v) is 6.86. The Morgan fingerprint density at radius 2 is 2.00 bits per heavy atom. The molecule has 1 saturated carbocycles. The first-order chi connectivity index (χ1) is 13.8. The number of benzene rings is 1. The molecule has 3 N–H and O–H groups in total. The number of fused-ring (bicyclic) bond motifs is 1. The number of anilines is 1. The Balaban J connectivity index is 1.74. The van der Waals surface area contributed by atoms with Crippen molar-refractivity contribution in [2.45, 2.75) is 59.0 Å². The molecule has 0 radical (unpaired) electrons. The van der Waals surface area contributed by atoms with E-state index >= 15 is 0 Å². The second kappa shape index (κ2) is 9.16. The van der Waals surface area contributed by atoms with Gasteiger partial charge < -0.3 is 20.6 Å². The van der Waals surface area contributed by atoms with Crippen LogP contribution in [0.1, 0.15) is 45.6 Å². The van der Waals surface area contributed by atoms with Crippen LogP contribution in [0.25, 0.3) is 0 Å². The van der Waals surface area contributed by atoms with Gasteiger partial charge in [-0.05, 0) is 62.5 Å². The minimum Gasteiger partial charge on any atom is -0.395 e. The van der Waals surface area contributed by atoms with E-state index in [1.54, 1.807) is 4.90 Å². The molecule has 0 aromatic heterocycles. The van der Waals surface area contributed by atoms with E-state index in [9.17, 15) is 14.7 Å². The normalized spacial score (nSPS) is 30.1. The molecular formula is C23H35N3O3. The summed E-state index contributed by atoms with van der Waals surface area (Å²) in [6.07, 6.45) is 3.07. The van der Waals surface area contributed by atoms with Crippen LogP contribution in [0.4, 0.5) is 10.5 Å². The largest absolute Gasteiger partial charge is 0.395 e. The summed E-state index contributed by atoms with van der Waals surface area (Å²) in [7, 11) is 0. The number of aliphatic hydroxyl groups is 1. The Kier molecular flexibility index (Phi) is 6.83. The molecule has 6 nitrogen and oxygen atoms in total. The first kappa shape index (κ1) is 21.6. The Labute approximate surface area is 174 Å². The van der Waals surface area contributed by atoms with Crippen LogP contribution in [-0.2, 0) is 4.79 Å². The van der Waals surface area contributed by atoms with Crippen LogP contribution in [0.3, 0.4) is 0 Å². The lowest BCUT2D eigenvalue weighted by molar-refractivity contribution is -0.133. The van der Waals surface area contributed by atoms with Gasteiger partial charge in [0.25, 0.3) is 0 Å². The maximum Gasteiger partial charge on any atom is 0.322 e. The molecule has 1 heterocycles. The highest BCUT2D eigenvalue weighted by Gasteiger charge is 2.44. The number of carbonyl (C=O) groups is 2. The zero-order valence-corrected chi connectivity index (χ0v) is 18.0. The number of carbonyl (C=O) groups excluding carboxylic acids is 2. The molecule has 1 aliphatic carbocycles. The van der Waals surface area contributed by atoms with Gasteiger partial charge in [0.2, 0.25) is 5.91 Å². The Morgan fingerprint density at radius 3 is 2.69 bits per heavy atom. The fraction of sp³-hybridized carbons (Fsp3) is 0.652. The van der Waals surface area contributed by atoms with Gasteiger partial charge >= 0.3 is 6.03 Å². The number of urea groups is 1. The van der Waals surface area contributed by atoms with E-state index in [1.165, 1.54) is 0 Å². The van der Waals surface area contributed by atoms with Crippen molar-refractivity contribution in [3.8, 4) is 0 Å². The summed E-state index contributed by atoms with van der Waals surface area (Å²) in [5.74, 6) is 1.38. The van der Waals surface area contributed by atoms with Gasteiger partial charge in [-0.15, -0.1) is 0 Å². The molecule has 2 fully saturated rings. The van der Waals surface area contributed by atoms with Gasteiger partial charge in [-0.2, -0.15) is 0 Å². The molecule has 1 aromatic carbocycles. The van der Waals surface area contributed by atoms with Crippen LogP contribution in [0, 0.1) is 30.6 Å². The SMILES string of the molecule is Cc1ccccc1NC(=O)N(CCO)C(C)C1CC2CC(C)CC(C)C2NC1=O. The number of para-hydroxylation sites is 1. The maximum absolute atomic E-state index is 13.0. The number of nitrogens with one attached hydrogen (secondary N) is 2. The summed E-state index contributed by atoms with van der Waals surface area (Å²) < 4.78 is 0. The molecule has 6 heteroatoms. The van der Waals surface area contributed by atoms with E-state index in [0.717, 1.165) is 30.5 Å². The average molecular weight is 402 g/mol. The zero-order chi connectivity index (χ0) is 21.1. The van der Waals surface area contributed by atoms with Crippen LogP contribution in [0.15, 0.2) is 24.3 Å². The summed E-state index contributed by atoms with van der Waals surface area (Å²) in [5.41, 5.74) is 1.72. The molecular weight excluding hydrogens is 366 g/mol. The van der Waals surface area contributed by atoms with Crippen LogP contribution in [0.5, 0.6) is 0 Å². The van der Waals surface area contributed by atoms with Crippen molar-refractivity contribution in [3.05, 3.63) is 29.8 Å². The molecule has 1 aromatic rings. The Hall–Kier alpha value is -2.08. The van der Waals surface area contributed by atoms with E-state index in [2.05, 4.69) is 24.5 Å². The minimum absolute atomic E-state index is 0.0341. The second-order valence-electron chi connectivity index (χ2n) is 9.09. The van der Waals surface area contributed by atoms with Gasteiger partial charge in [-0.25, -0.2) is 4.79 Å². The molecule has 160 valence electrons. The number of hydrogen-bond acceptors (Lipinski definition) is 3. The molecule has 0 spiro atoms. The van der Waals surface area contributed by atoms with Crippen molar-refractivity contribution in [1.82, 2.24) is 10.2 Å². The van der Waals surface area contributed by atoms with E-state index in [-0.39, 0.29) is 43.1 Å². The number of nitrogens with zero attached hydrogens (tertiary/aromatic N) is 1. The van der Waals surface area contributed by atoms with Crippen molar-refractivity contribution in [2.24, 2.45) is 23.7 Å². The lowest BCUT2D eigenvalue weighted by atomic mass is 9.67. The Morgan fingerprint density at radius 1 is 1.28 bits per heavy atom. The molecule has 1 saturated heterocycles. The summed E-state index contributed by atoms with van der Waals surface area (Å²) in [6, 6.07) is 7.28. The van der Waals surface area contributed by atoms with Crippen LogP contribution in [-0.4, -0.2) is 47.2 Å². The molecule has 6 atom stereocenters. The van der Waals surface area contributed by atoms with Gasteiger partial charge in [0.15, 0.2) is 0 Å². The molecule has 6 unspecified atom stereocenters. The van der Waals surface area contributed by atoms with Crippen molar-refractivity contribution in [3.63, 3.8) is 0 Å². The fourth-order valence-electron chi connectivity index (χ4n) is 5.34. The van der Waals surface area contributed by atoms with Crippen LogP contribution in [0.2, 0.25) is 0 Å². The van der Waals surface area contributed by atoms with E-state index in [1.807, 2.05) is 38.1 Å². The van der Waals surface area contributed by atoms with Crippen LogP contribution >= 0.6 is 0 Å². The highest BCUT2D eigenvalue weighted by Crippen LogP contribution is 2.40. The van der Waals surface area contributed by atoms with Crippen molar-refractivity contribution >= 4 is 17.6 Å². The van der Waals surface area contributed by atoms with Gasteiger partial charge in [0.05, 0.1) is 12.5 Å². The van der Waals surface area contributed by atoms with Gasteiger partial charge in [-0.3, -0.25) is 4.79 Å². The summed E-state index contributed by atoms with van der Waals surface area (Å²) >= 11 is 0. The smallest absolute Gasteiger partial charge is 0.322 e. The molecule has 1 aliphatic heterocycles. The van der Waals surface area contributed by atoms with Crippen LogP contribution < -0.4 is 10.6 Å². The highest BCUT2D eigenvalue weighted by atomic mass is 16.3. The second-order valence-corrected chi connectivity index (χ2v) is 9.09. The number of aliphatic hydroxyl groups excluding tert-OH is 1. The molecule has 3 rings (SSSR count). The quantitative estimate of drug-likeness (QED) is 0.707. The van der Waals surface area contributed by atoms with Gasteiger partial charge in [0.1, 0.15) is 0 Å². The van der Waals surface area contributed by atoms with Gasteiger partial charge in [0, 0.05) is 24.3 Å². The molecule has 3 amide bonds. The predicted octanol–water partition coefficient (Wildman–Crippen LogP) is 3.40. The van der Waals surface area contributed by atoms with E-state index in [0.29, 0.717) is 17.8 Å². The molecule has 29 heavy (non-hydrogen) atoms. The maximum atomic E-state index is 13.0. The summed E-state index contributed by atoms with van der Waals surface area (Å²) in [5, 5.41) is 15.8. The molecule has 2 aliphatic rings. The first-order valence-corrected chi connectivity index (χ1v) is 10.9. The standard InChI is InChI=1S/C23H35N3O3/c1-14-11-16(3)21-18(12-14)13-19(22(28)25-21)17(4)26(9-10-27)23(29)24-20-8-6-5-7-15(20)2/h5-8,14,16-19,21,27H,9-13H2,1-4H3,(H,24,29)(H,25,28). The Bertz CT molecular complexity index is 738. The van der Waals surface area contributed by atoms with Crippen molar-refractivity contribution in [2.75, 3.05) is 18.5 Å². The fourth-order valence-corrected chi connectivity index (χ4v) is 5.34. The summed E-state index contributed by atoms with van der Waals surface area (Å²) in [6.45, 7) is 8.44. The third-order valence-electron chi connectivity index (χ3n) is 6.86. The minimum atomic E-state index is -0.292. The number of aryl methyl sites for hydroxylation is 1. The third kappa shape index (κ3) is 4.74. The topological polar surface area (TPSA) is 81.7 Å². The molecule has 0 bridgehead atoms. The average Bonchev–Trinajstić information content (AvgIpc) is 2.67. The number of piperidine rings is 1. The number of hydrogen-bond donors (Lipinski definition) is 3. The van der Waals surface area contributed by atoms with Crippen molar-refractivity contribution in [1.29, 1.82) is 0 Å².